The van der Waals surface area contributed by atoms with Crippen molar-refractivity contribution in [3.8, 4) is 0 Å². The minimum Gasteiger partial charge on any atom is -0.423 e. The second-order valence-corrected chi connectivity index (χ2v) is 10.9. The molecule has 0 aliphatic rings. The lowest BCUT2D eigenvalue weighted by Crippen LogP contribution is -2.30. The van der Waals surface area contributed by atoms with Gasteiger partial charge in [-0.25, -0.2) is 22.4 Å². The van der Waals surface area contributed by atoms with E-state index in [1.54, 1.807) is 48.8 Å². The number of aryl methyl sites for hydroxylation is 3. The van der Waals surface area contributed by atoms with Crippen LogP contribution in [0.15, 0.2) is 53.7 Å². The molecule has 4 rings (SSSR count). The largest absolute Gasteiger partial charge is 0.488 e. The molecule has 0 fully saturated rings. The molecule has 2 aromatic heterocycles. The van der Waals surface area contributed by atoms with Crippen molar-refractivity contribution in [2.75, 3.05) is 0 Å². The number of nitrogens with zero attached hydrogens (tertiary/aromatic N) is 3. The van der Waals surface area contributed by atoms with E-state index in [9.17, 15) is 18.5 Å². The van der Waals surface area contributed by atoms with Crippen molar-refractivity contribution in [3.63, 3.8) is 0 Å². The van der Waals surface area contributed by atoms with E-state index in [0.717, 1.165) is 27.8 Å². The third-order valence-electron chi connectivity index (χ3n) is 6.12. The molecule has 0 amide bonds. The van der Waals surface area contributed by atoms with E-state index in [-0.39, 0.29) is 10.8 Å². The van der Waals surface area contributed by atoms with E-state index in [1.165, 1.54) is 3.97 Å². The minimum atomic E-state index is -3.83. The van der Waals surface area contributed by atoms with Crippen LogP contribution >= 0.6 is 0 Å². The summed E-state index contributed by atoms with van der Waals surface area (Å²) in [5.41, 5.74) is 6.70. The van der Waals surface area contributed by atoms with Gasteiger partial charge in [0.25, 0.3) is 10.0 Å². The van der Waals surface area contributed by atoms with Crippen LogP contribution in [0.1, 0.15) is 53.3 Å². The number of aromatic nitrogens is 3. The van der Waals surface area contributed by atoms with Gasteiger partial charge in [0, 0.05) is 18.2 Å². The summed E-state index contributed by atoms with van der Waals surface area (Å²) in [7, 11) is -5.35. The number of fused-ring (bicyclic) bond motifs is 1. The number of benzene rings is 2. The molecule has 0 radical (unpaired) electrons. The van der Waals surface area contributed by atoms with Crippen LogP contribution in [0.5, 0.6) is 0 Å². The van der Waals surface area contributed by atoms with Crippen molar-refractivity contribution >= 4 is 33.8 Å². The predicted octanol–water partition coefficient (Wildman–Crippen LogP) is 2.99. The first-order chi connectivity index (χ1) is 16.0. The molecular weight excluding hydrogens is 449 g/mol. The van der Waals surface area contributed by atoms with Crippen molar-refractivity contribution in [1.29, 1.82) is 0 Å². The third-order valence-corrected chi connectivity index (χ3v) is 7.78. The van der Waals surface area contributed by atoms with Crippen LogP contribution in [0, 0.1) is 20.8 Å². The van der Waals surface area contributed by atoms with Gasteiger partial charge in [-0.1, -0.05) is 43.7 Å². The molecule has 4 aromatic rings. The van der Waals surface area contributed by atoms with Crippen LogP contribution < -0.4 is 5.46 Å². The Balaban J connectivity index is 1.81. The lowest BCUT2D eigenvalue weighted by molar-refractivity contribution is 0.425. The van der Waals surface area contributed by atoms with Crippen LogP contribution in [0.3, 0.4) is 0 Å². The Labute approximate surface area is 200 Å². The molecule has 176 valence electrons. The summed E-state index contributed by atoms with van der Waals surface area (Å²) in [6.45, 7) is 9.75. The van der Waals surface area contributed by atoms with Crippen molar-refractivity contribution in [2.24, 2.45) is 0 Å². The maximum Gasteiger partial charge on any atom is 0.488 e. The second-order valence-electron chi connectivity index (χ2n) is 9.07. The quantitative estimate of drug-likeness (QED) is 0.414. The summed E-state index contributed by atoms with van der Waals surface area (Å²) in [5.74, 6) is 0.0512. The molecular formula is C25H28BN3O4S. The van der Waals surface area contributed by atoms with Gasteiger partial charge in [0.05, 0.1) is 16.8 Å². The molecule has 0 aliphatic carbocycles. The highest BCUT2D eigenvalue weighted by Crippen LogP contribution is 2.29. The molecule has 7 nitrogen and oxygen atoms in total. The predicted molar refractivity (Wildman–Crippen MR) is 134 cm³/mol. The van der Waals surface area contributed by atoms with Gasteiger partial charge in [-0.2, -0.15) is 0 Å². The zero-order valence-electron chi connectivity index (χ0n) is 19.9. The first-order valence-corrected chi connectivity index (χ1v) is 12.6. The summed E-state index contributed by atoms with van der Waals surface area (Å²) in [6, 6.07) is 10.3. The molecule has 0 saturated carbocycles. The Kier molecular flexibility index (Phi) is 6.37. The van der Waals surface area contributed by atoms with E-state index in [1.807, 2.05) is 34.6 Å². The summed E-state index contributed by atoms with van der Waals surface area (Å²) in [5, 5.41) is 19.0. The van der Waals surface area contributed by atoms with Crippen molar-refractivity contribution in [1.82, 2.24) is 13.9 Å². The third kappa shape index (κ3) is 4.38. The van der Waals surface area contributed by atoms with Gasteiger partial charge in [0.2, 0.25) is 0 Å². The molecule has 0 aliphatic heterocycles. The maximum atomic E-state index is 13.4. The lowest BCUT2D eigenvalue weighted by Gasteiger charge is -2.13. The number of hydrogen-bond donors (Lipinski definition) is 2. The molecule has 0 saturated heterocycles. The van der Waals surface area contributed by atoms with Crippen LogP contribution in [-0.2, 0) is 16.4 Å². The van der Waals surface area contributed by atoms with Gasteiger partial charge in [-0.05, 0) is 61.0 Å². The maximum absolute atomic E-state index is 13.4. The van der Waals surface area contributed by atoms with Crippen LogP contribution in [-0.4, -0.2) is 39.5 Å². The zero-order chi connectivity index (χ0) is 24.8. The first-order valence-electron chi connectivity index (χ1n) is 11.1. The molecule has 0 spiro atoms. The van der Waals surface area contributed by atoms with Crippen LogP contribution in [0.25, 0.3) is 11.2 Å². The number of rotatable bonds is 6. The molecule has 0 atom stereocenters. The fourth-order valence-electron chi connectivity index (χ4n) is 4.17. The van der Waals surface area contributed by atoms with E-state index in [4.69, 9.17) is 4.98 Å². The summed E-state index contributed by atoms with van der Waals surface area (Å²) in [4.78, 5) is 9.57. The van der Waals surface area contributed by atoms with Crippen molar-refractivity contribution in [3.05, 3.63) is 82.3 Å². The highest BCUT2D eigenvalue weighted by atomic mass is 32.2. The summed E-state index contributed by atoms with van der Waals surface area (Å²) < 4.78 is 28.0. The van der Waals surface area contributed by atoms with E-state index < -0.39 is 17.1 Å². The van der Waals surface area contributed by atoms with Crippen molar-refractivity contribution < 1.29 is 18.5 Å². The van der Waals surface area contributed by atoms with Crippen LogP contribution in [0.4, 0.5) is 0 Å². The normalized spacial score (nSPS) is 12.0. The molecule has 34 heavy (non-hydrogen) atoms. The molecule has 0 unspecified atom stereocenters. The van der Waals surface area contributed by atoms with Gasteiger partial charge >= 0.3 is 7.12 Å². The van der Waals surface area contributed by atoms with Gasteiger partial charge in [0.15, 0.2) is 5.65 Å². The van der Waals surface area contributed by atoms with E-state index in [2.05, 4.69) is 4.98 Å². The lowest BCUT2D eigenvalue weighted by atomic mass is 9.77. The number of hydrogen-bond acceptors (Lipinski definition) is 6. The summed E-state index contributed by atoms with van der Waals surface area (Å²) in [6.07, 6.45) is 3.74. The van der Waals surface area contributed by atoms with E-state index >= 15 is 0 Å². The Morgan fingerprint density at radius 2 is 1.65 bits per heavy atom. The molecule has 2 N–H and O–H groups in total. The fourth-order valence-corrected chi connectivity index (χ4v) is 5.49. The van der Waals surface area contributed by atoms with E-state index in [0.29, 0.717) is 28.7 Å². The molecule has 2 aromatic carbocycles. The minimum absolute atomic E-state index is 0.0512. The Morgan fingerprint density at radius 3 is 2.21 bits per heavy atom. The average molecular weight is 477 g/mol. The first kappa shape index (κ1) is 24.1. The fraction of sp³-hybridized carbons (Fsp3) is 0.280. The van der Waals surface area contributed by atoms with Crippen molar-refractivity contribution in [2.45, 2.75) is 51.9 Å². The van der Waals surface area contributed by atoms with Crippen LogP contribution in [0.2, 0.25) is 0 Å². The molecule has 2 heterocycles. The smallest absolute Gasteiger partial charge is 0.423 e. The topological polar surface area (TPSA) is 105 Å². The summed E-state index contributed by atoms with van der Waals surface area (Å²) >= 11 is 0. The molecule has 9 heteroatoms. The van der Waals surface area contributed by atoms with Gasteiger partial charge in [0.1, 0.15) is 5.52 Å². The SMILES string of the molecule is Cc1ccc(S(=O)(=O)n2cc(C(C)C)c3nc(Cc4c(C)cc(B(O)O)cc4C)cnc32)cc1. The second kappa shape index (κ2) is 8.98. The van der Waals surface area contributed by atoms with Gasteiger partial charge in [-0.15, -0.1) is 0 Å². The Bertz CT molecular complexity index is 1450. The Hall–Kier alpha value is -3.01. The zero-order valence-corrected chi connectivity index (χ0v) is 20.8. The highest BCUT2D eigenvalue weighted by Gasteiger charge is 2.24. The highest BCUT2D eigenvalue weighted by molar-refractivity contribution is 7.90. The Morgan fingerprint density at radius 1 is 1.03 bits per heavy atom. The average Bonchev–Trinajstić information content (AvgIpc) is 3.16. The van der Waals surface area contributed by atoms with Gasteiger partial charge in [-0.3, -0.25) is 0 Å². The monoisotopic (exact) mass is 477 g/mol. The standard InChI is InChI=1S/C25H28BN3O4S/c1-15(2)23-14-29(34(32,33)21-8-6-16(3)7-9-21)25-24(23)28-20(13-27-25)12-22-17(4)10-19(26(30)31)11-18(22)5/h6-11,13-15,30-31H,12H2,1-5H3. The molecule has 0 bridgehead atoms. The van der Waals surface area contributed by atoms with Gasteiger partial charge < -0.3 is 10.0 Å².